The first-order chi connectivity index (χ1) is 12.0. The molecule has 1 unspecified atom stereocenters. The van der Waals surface area contributed by atoms with Gasteiger partial charge in [0.05, 0.1) is 11.8 Å². The molecule has 1 saturated heterocycles. The molecule has 6 nitrogen and oxygen atoms in total. The standard InChI is InChI=1S/C19H27N5O/c1-14(2)24-16(4)18(13-21-24)19(25)23-10-8-22(9-11-23)15(3)17-6-5-7-20-12-17/h5-7,12-15H,8-11H2,1-4H3. The van der Waals surface area contributed by atoms with Crippen LogP contribution in [0.15, 0.2) is 30.7 Å². The minimum Gasteiger partial charge on any atom is -0.336 e. The number of amides is 1. The second-order valence-corrected chi connectivity index (χ2v) is 6.97. The quantitative estimate of drug-likeness (QED) is 0.858. The van der Waals surface area contributed by atoms with E-state index in [1.807, 2.05) is 28.8 Å². The Balaban J connectivity index is 1.63. The second-order valence-electron chi connectivity index (χ2n) is 6.97. The Morgan fingerprint density at radius 1 is 1.12 bits per heavy atom. The number of aromatic nitrogens is 3. The van der Waals surface area contributed by atoms with Crippen LogP contribution < -0.4 is 0 Å². The van der Waals surface area contributed by atoms with Crippen molar-refractivity contribution in [3.8, 4) is 0 Å². The molecule has 0 aromatic carbocycles. The molecular weight excluding hydrogens is 314 g/mol. The maximum atomic E-state index is 12.8. The summed E-state index contributed by atoms with van der Waals surface area (Å²) in [7, 11) is 0. The molecule has 2 aromatic rings. The van der Waals surface area contributed by atoms with Crippen LogP contribution in [0.3, 0.4) is 0 Å². The van der Waals surface area contributed by atoms with Gasteiger partial charge < -0.3 is 4.90 Å². The van der Waals surface area contributed by atoms with Gasteiger partial charge in [-0.1, -0.05) is 6.07 Å². The number of hydrogen-bond acceptors (Lipinski definition) is 4. The molecule has 3 heterocycles. The fourth-order valence-corrected chi connectivity index (χ4v) is 3.47. The Hall–Kier alpha value is -2.21. The van der Waals surface area contributed by atoms with E-state index in [4.69, 9.17) is 0 Å². The zero-order valence-corrected chi connectivity index (χ0v) is 15.5. The predicted molar refractivity (Wildman–Crippen MR) is 97.5 cm³/mol. The van der Waals surface area contributed by atoms with Crippen molar-refractivity contribution in [2.75, 3.05) is 26.2 Å². The first-order valence-corrected chi connectivity index (χ1v) is 8.96. The lowest BCUT2D eigenvalue weighted by atomic mass is 10.1. The third kappa shape index (κ3) is 3.58. The minimum absolute atomic E-state index is 0.0954. The lowest BCUT2D eigenvalue weighted by Crippen LogP contribution is -2.49. The van der Waals surface area contributed by atoms with Crippen LogP contribution in [0.25, 0.3) is 0 Å². The highest BCUT2D eigenvalue weighted by Gasteiger charge is 2.27. The summed E-state index contributed by atoms with van der Waals surface area (Å²) in [6, 6.07) is 4.66. The maximum absolute atomic E-state index is 12.8. The summed E-state index contributed by atoms with van der Waals surface area (Å²) in [6.07, 6.45) is 5.43. The zero-order chi connectivity index (χ0) is 18.0. The molecule has 25 heavy (non-hydrogen) atoms. The normalized spacial score (nSPS) is 17.1. The van der Waals surface area contributed by atoms with E-state index < -0.39 is 0 Å². The van der Waals surface area contributed by atoms with Crippen LogP contribution in [0.2, 0.25) is 0 Å². The molecule has 134 valence electrons. The van der Waals surface area contributed by atoms with E-state index in [1.165, 1.54) is 5.56 Å². The molecule has 0 radical (unpaired) electrons. The summed E-state index contributed by atoms with van der Waals surface area (Å²) in [4.78, 5) is 21.4. The maximum Gasteiger partial charge on any atom is 0.257 e. The first kappa shape index (κ1) is 17.6. The third-order valence-electron chi connectivity index (χ3n) is 5.08. The van der Waals surface area contributed by atoms with E-state index in [-0.39, 0.29) is 11.9 Å². The third-order valence-corrected chi connectivity index (χ3v) is 5.08. The second kappa shape index (κ2) is 7.35. The highest BCUT2D eigenvalue weighted by molar-refractivity contribution is 5.95. The number of carbonyl (C=O) groups excluding carboxylic acids is 1. The van der Waals surface area contributed by atoms with Crippen LogP contribution in [0.4, 0.5) is 0 Å². The summed E-state index contributed by atoms with van der Waals surface area (Å²) < 4.78 is 1.91. The molecule has 0 bridgehead atoms. The summed E-state index contributed by atoms with van der Waals surface area (Å²) in [6.45, 7) is 11.6. The summed E-state index contributed by atoms with van der Waals surface area (Å²) >= 11 is 0. The number of nitrogens with zero attached hydrogens (tertiary/aromatic N) is 5. The summed E-state index contributed by atoms with van der Waals surface area (Å²) in [5, 5.41) is 4.37. The van der Waals surface area contributed by atoms with Crippen molar-refractivity contribution in [2.45, 2.75) is 39.8 Å². The van der Waals surface area contributed by atoms with Crippen LogP contribution in [0.1, 0.15) is 54.5 Å². The molecule has 2 aromatic heterocycles. The molecule has 3 rings (SSSR count). The Morgan fingerprint density at radius 3 is 2.40 bits per heavy atom. The van der Waals surface area contributed by atoms with Gasteiger partial charge in [-0.15, -0.1) is 0 Å². The van der Waals surface area contributed by atoms with Crippen LogP contribution >= 0.6 is 0 Å². The lowest BCUT2D eigenvalue weighted by Gasteiger charge is -2.38. The number of rotatable bonds is 4. The van der Waals surface area contributed by atoms with Gasteiger partial charge in [0.15, 0.2) is 0 Å². The SMILES string of the molecule is Cc1c(C(=O)N2CCN(C(C)c3cccnc3)CC2)cnn1C(C)C. The average Bonchev–Trinajstić information content (AvgIpc) is 3.03. The minimum atomic E-state index is 0.0954. The van der Waals surface area contributed by atoms with Gasteiger partial charge in [0.25, 0.3) is 5.91 Å². The van der Waals surface area contributed by atoms with E-state index in [9.17, 15) is 4.79 Å². The van der Waals surface area contributed by atoms with Crippen LogP contribution in [0, 0.1) is 6.92 Å². The van der Waals surface area contributed by atoms with E-state index in [2.05, 4.69) is 41.8 Å². The van der Waals surface area contributed by atoms with Crippen molar-refractivity contribution in [3.05, 3.63) is 47.5 Å². The molecule has 6 heteroatoms. The Labute approximate surface area is 149 Å². The van der Waals surface area contributed by atoms with Crippen molar-refractivity contribution in [1.29, 1.82) is 0 Å². The highest BCUT2D eigenvalue weighted by atomic mass is 16.2. The number of piperazine rings is 1. The topological polar surface area (TPSA) is 54.3 Å². The van der Waals surface area contributed by atoms with Gasteiger partial charge in [0.2, 0.25) is 0 Å². The van der Waals surface area contributed by atoms with Crippen molar-refractivity contribution in [3.63, 3.8) is 0 Å². The molecule has 1 amide bonds. The Morgan fingerprint density at radius 2 is 1.84 bits per heavy atom. The lowest BCUT2D eigenvalue weighted by molar-refractivity contribution is 0.0581. The molecule has 0 spiro atoms. The fourth-order valence-electron chi connectivity index (χ4n) is 3.47. The van der Waals surface area contributed by atoms with Gasteiger partial charge in [-0.3, -0.25) is 19.4 Å². The van der Waals surface area contributed by atoms with E-state index in [1.54, 1.807) is 12.4 Å². The van der Waals surface area contributed by atoms with Gasteiger partial charge in [0.1, 0.15) is 0 Å². The molecule has 1 aliphatic heterocycles. The molecule has 1 aliphatic rings. The van der Waals surface area contributed by atoms with E-state index in [0.717, 1.165) is 37.4 Å². The van der Waals surface area contributed by atoms with E-state index >= 15 is 0 Å². The number of pyridine rings is 1. The van der Waals surface area contributed by atoms with Crippen molar-refractivity contribution in [2.24, 2.45) is 0 Å². The van der Waals surface area contributed by atoms with Crippen LogP contribution in [-0.4, -0.2) is 56.7 Å². The number of carbonyl (C=O) groups is 1. The van der Waals surface area contributed by atoms with Gasteiger partial charge >= 0.3 is 0 Å². The molecule has 0 N–H and O–H groups in total. The van der Waals surface area contributed by atoms with Crippen LogP contribution in [0.5, 0.6) is 0 Å². The molecule has 0 saturated carbocycles. The van der Waals surface area contributed by atoms with Gasteiger partial charge in [-0.2, -0.15) is 5.10 Å². The van der Waals surface area contributed by atoms with E-state index in [0.29, 0.717) is 6.04 Å². The zero-order valence-electron chi connectivity index (χ0n) is 15.5. The molecular formula is C19H27N5O. The predicted octanol–water partition coefficient (Wildman–Crippen LogP) is 2.69. The Bertz CT molecular complexity index is 717. The Kier molecular flexibility index (Phi) is 5.18. The molecule has 1 fully saturated rings. The average molecular weight is 341 g/mol. The van der Waals surface area contributed by atoms with Crippen molar-refractivity contribution < 1.29 is 4.79 Å². The van der Waals surface area contributed by atoms with Gasteiger partial charge in [-0.05, 0) is 39.3 Å². The summed E-state index contributed by atoms with van der Waals surface area (Å²) in [5.41, 5.74) is 2.89. The smallest absolute Gasteiger partial charge is 0.257 e. The molecule has 0 aliphatic carbocycles. The number of hydrogen-bond donors (Lipinski definition) is 0. The highest BCUT2D eigenvalue weighted by Crippen LogP contribution is 2.22. The monoisotopic (exact) mass is 341 g/mol. The van der Waals surface area contributed by atoms with Crippen LogP contribution in [-0.2, 0) is 0 Å². The van der Waals surface area contributed by atoms with Crippen molar-refractivity contribution >= 4 is 5.91 Å². The molecule has 1 atom stereocenters. The van der Waals surface area contributed by atoms with Gasteiger partial charge in [0, 0.05) is 56.4 Å². The van der Waals surface area contributed by atoms with Crippen molar-refractivity contribution in [1.82, 2.24) is 24.6 Å². The van der Waals surface area contributed by atoms with Gasteiger partial charge in [-0.25, -0.2) is 0 Å². The summed E-state index contributed by atoms with van der Waals surface area (Å²) in [5.74, 6) is 0.0954. The largest absolute Gasteiger partial charge is 0.336 e. The first-order valence-electron chi connectivity index (χ1n) is 8.96. The fraction of sp³-hybridized carbons (Fsp3) is 0.526.